The van der Waals surface area contributed by atoms with E-state index in [2.05, 4.69) is 4.98 Å². The SMILES string of the molecule is FC(F)(F)c1nc2ccccc2n1Cc1ccc2ccccc2c1. The molecule has 0 unspecified atom stereocenters. The fourth-order valence-corrected chi connectivity index (χ4v) is 2.97. The van der Waals surface area contributed by atoms with Gasteiger partial charge in [0.1, 0.15) is 0 Å². The number of aromatic nitrogens is 2. The van der Waals surface area contributed by atoms with Crippen LogP contribution in [-0.2, 0) is 12.7 Å². The van der Waals surface area contributed by atoms with Gasteiger partial charge in [-0.1, -0.05) is 48.5 Å². The summed E-state index contributed by atoms with van der Waals surface area (Å²) >= 11 is 0. The first kappa shape index (κ1) is 14.8. The monoisotopic (exact) mass is 326 g/mol. The molecular weight excluding hydrogens is 313 g/mol. The molecule has 1 aromatic heterocycles. The molecule has 4 aromatic rings. The van der Waals surface area contributed by atoms with Gasteiger partial charge in [-0.05, 0) is 34.5 Å². The molecule has 0 bridgehead atoms. The van der Waals surface area contributed by atoms with E-state index in [-0.39, 0.29) is 6.54 Å². The number of rotatable bonds is 2. The van der Waals surface area contributed by atoms with Crippen molar-refractivity contribution in [3.63, 3.8) is 0 Å². The van der Waals surface area contributed by atoms with Crippen LogP contribution in [0.3, 0.4) is 0 Å². The van der Waals surface area contributed by atoms with E-state index in [0.717, 1.165) is 16.3 Å². The number of fused-ring (bicyclic) bond motifs is 2. The number of alkyl halides is 3. The zero-order valence-electron chi connectivity index (χ0n) is 12.6. The first-order valence-electron chi connectivity index (χ1n) is 7.52. The summed E-state index contributed by atoms with van der Waals surface area (Å²) in [4.78, 5) is 3.78. The molecular formula is C19H13F3N2. The number of benzene rings is 3. The summed E-state index contributed by atoms with van der Waals surface area (Å²) in [5, 5.41) is 2.07. The Morgan fingerprint density at radius 3 is 2.33 bits per heavy atom. The zero-order valence-corrected chi connectivity index (χ0v) is 12.6. The number of nitrogens with zero attached hydrogens (tertiary/aromatic N) is 2. The molecule has 2 nitrogen and oxygen atoms in total. The Morgan fingerprint density at radius 1 is 0.833 bits per heavy atom. The average Bonchev–Trinajstić information content (AvgIpc) is 2.94. The van der Waals surface area contributed by atoms with Crippen LogP contribution in [0, 0.1) is 0 Å². The van der Waals surface area contributed by atoms with Crippen LogP contribution in [0.1, 0.15) is 11.4 Å². The van der Waals surface area contributed by atoms with Crippen molar-refractivity contribution in [2.45, 2.75) is 12.7 Å². The second-order valence-electron chi connectivity index (χ2n) is 5.69. The summed E-state index contributed by atoms with van der Waals surface area (Å²) in [5.74, 6) is -0.864. The van der Waals surface area contributed by atoms with Gasteiger partial charge in [-0.3, -0.25) is 0 Å². The Kier molecular flexibility index (Phi) is 3.30. The van der Waals surface area contributed by atoms with Gasteiger partial charge in [-0.25, -0.2) is 4.98 Å². The highest BCUT2D eigenvalue weighted by Gasteiger charge is 2.37. The van der Waals surface area contributed by atoms with Crippen LogP contribution < -0.4 is 0 Å². The van der Waals surface area contributed by atoms with Crippen molar-refractivity contribution in [1.29, 1.82) is 0 Å². The van der Waals surface area contributed by atoms with E-state index in [1.54, 1.807) is 24.3 Å². The quantitative estimate of drug-likeness (QED) is 0.491. The highest BCUT2D eigenvalue weighted by atomic mass is 19.4. The summed E-state index contributed by atoms with van der Waals surface area (Å²) in [7, 11) is 0. The molecule has 0 saturated heterocycles. The van der Waals surface area contributed by atoms with E-state index >= 15 is 0 Å². The minimum absolute atomic E-state index is 0.125. The maximum Gasteiger partial charge on any atom is 0.449 e. The molecule has 0 amide bonds. The van der Waals surface area contributed by atoms with Crippen molar-refractivity contribution >= 4 is 21.8 Å². The standard InChI is InChI=1S/C19H13F3N2/c20-19(21,22)18-23-16-7-3-4-8-17(16)24(18)12-13-9-10-14-5-1-2-6-15(14)11-13/h1-11H,12H2. The highest BCUT2D eigenvalue weighted by molar-refractivity contribution is 5.83. The van der Waals surface area contributed by atoms with Gasteiger partial charge < -0.3 is 4.57 Å². The molecule has 0 spiro atoms. The largest absolute Gasteiger partial charge is 0.449 e. The Balaban J connectivity index is 1.85. The third-order valence-corrected chi connectivity index (χ3v) is 4.06. The fourth-order valence-electron chi connectivity index (χ4n) is 2.97. The summed E-state index contributed by atoms with van der Waals surface area (Å²) in [6.07, 6.45) is -4.49. The van der Waals surface area contributed by atoms with Crippen LogP contribution >= 0.6 is 0 Å². The van der Waals surface area contributed by atoms with Gasteiger partial charge in [0.15, 0.2) is 0 Å². The Bertz CT molecular complexity index is 1030. The third-order valence-electron chi connectivity index (χ3n) is 4.06. The van der Waals surface area contributed by atoms with Crippen molar-refractivity contribution in [3.05, 3.63) is 78.1 Å². The third kappa shape index (κ3) is 2.52. The Hall–Kier alpha value is -2.82. The van der Waals surface area contributed by atoms with Gasteiger partial charge in [0, 0.05) is 6.54 Å². The molecule has 1 heterocycles. The number of imidazole rings is 1. The molecule has 0 aliphatic carbocycles. The number of para-hydroxylation sites is 2. The lowest BCUT2D eigenvalue weighted by Gasteiger charge is -2.12. The predicted molar refractivity (Wildman–Crippen MR) is 87.8 cm³/mol. The lowest BCUT2D eigenvalue weighted by atomic mass is 10.1. The minimum atomic E-state index is -4.49. The van der Waals surface area contributed by atoms with Crippen LogP contribution in [0.4, 0.5) is 13.2 Å². The molecule has 24 heavy (non-hydrogen) atoms. The van der Waals surface area contributed by atoms with Gasteiger partial charge in [0.2, 0.25) is 5.82 Å². The number of halogens is 3. The maximum absolute atomic E-state index is 13.4. The smallest absolute Gasteiger partial charge is 0.316 e. The molecule has 0 saturated carbocycles. The van der Waals surface area contributed by atoms with E-state index in [1.807, 2.05) is 42.5 Å². The lowest BCUT2D eigenvalue weighted by Crippen LogP contribution is -2.15. The van der Waals surface area contributed by atoms with E-state index in [4.69, 9.17) is 0 Å². The highest BCUT2D eigenvalue weighted by Crippen LogP contribution is 2.32. The minimum Gasteiger partial charge on any atom is -0.316 e. The molecule has 0 atom stereocenters. The Morgan fingerprint density at radius 2 is 1.54 bits per heavy atom. The van der Waals surface area contributed by atoms with Crippen LogP contribution in [0.25, 0.3) is 21.8 Å². The average molecular weight is 326 g/mol. The summed E-state index contributed by atoms with van der Waals surface area (Å²) in [6, 6.07) is 20.2. The molecule has 5 heteroatoms. The van der Waals surface area contributed by atoms with Crippen LogP contribution in [0.2, 0.25) is 0 Å². The molecule has 120 valence electrons. The maximum atomic E-state index is 13.4. The topological polar surface area (TPSA) is 17.8 Å². The van der Waals surface area contributed by atoms with Gasteiger partial charge in [0.05, 0.1) is 11.0 Å². The van der Waals surface area contributed by atoms with Crippen molar-refractivity contribution in [2.75, 3.05) is 0 Å². The normalized spacial score (nSPS) is 12.1. The van der Waals surface area contributed by atoms with Gasteiger partial charge in [-0.2, -0.15) is 13.2 Å². The van der Waals surface area contributed by atoms with Crippen LogP contribution in [0.5, 0.6) is 0 Å². The molecule has 0 aliphatic heterocycles. The van der Waals surface area contributed by atoms with Gasteiger partial charge in [0.25, 0.3) is 0 Å². The van der Waals surface area contributed by atoms with Crippen LogP contribution in [-0.4, -0.2) is 9.55 Å². The second-order valence-corrected chi connectivity index (χ2v) is 5.69. The number of hydrogen-bond acceptors (Lipinski definition) is 1. The predicted octanol–water partition coefficient (Wildman–Crippen LogP) is 5.26. The summed E-state index contributed by atoms with van der Waals surface area (Å²) in [6.45, 7) is 0.125. The zero-order chi connectivity index (χ0) is 16.7. The van der Waals surface area contributed by atoms with E-state index in [0.29, 0.717) is 11.0 Å². The first-order chi connectivity index (χ1) is 11.5. The van der Waals surface area contributed by atoms with Gasteiger partial charge in [-0.15, -0.1) is 0 Å². The van der Waals surface area contributed by atoms with Crippen molar-refractivity contribution in [1.82, 2.24) is 9.55 Å². The first-order valence-corrected chi connectivity index (χ1v) is 7.52. The van der Waals surface area contributed by atoms with E-state index in [9.17, 15) is 13.2 Å². The van der Waals surface area contributed by atoms with Crippen molar-refractivity contribution in [2.24, 2.45) is 0 Å². The lowest BCUT2D eigenvalue weighted by molar-refractivity contribution is -0.146. The van der Waals surface area contributed by atoms with Crippen molar-refractivity contribution < 1.29 is 13.2 Å². The second kappa shape index (κ2) is 5.37. The molecule has 0 fully saturated rings. The van der Waals surface area contributed by atoms with Gasteiger partial charge >= 0.3 is 6.18 Å². The van der Waals surface area contributed by atoms with E-state index in [1.165, 1.54) is 4.57 Å². The molecule has 3 aromatic carbocycles. The van der Waals surface area contributed by atoms with Crippen molar-refractivity contribution in [3.8, 4) is 0 Å². The summed E-state index contributed by atoms with van der Waals surface area (Å²) in [5.41, 5.74) is 1.64. The molecule has 0 N–H and O–H groups in total. The Labute approximate surface area is 136 Å². The van der Waals surface area contributed by atoms with E-state index < -0.39 is 12.0 Å². The summed E-state index contributed by atoms with van der Waals surface area (Å²) < 4.78 is 41.3. The molecule has 0 radical (unpaired) electrons. The molecule has 0 aliphatic rings. The fraction of sp³-hybridized carbons (Fsp3) is 0.105. The van der Waals surface area contributed by atoms with Crippen LogP contribution in [0.15, 0.2) is 66.7 Å². The molecule has 4 rings (SSSR count). The number of hydrogen-bond donors (Lipinski definition) is 0.